The van der Waals surface area contributed by atoms with Gasteiger partial charge >= 0.3 is 0 Å². The highest BCUT2D eigenvalue weighted by Gasteiger charge is 2.17. The van der Waals surface area contributed by atoms with Gasteiger partial charge in [0.05, 0.1) is 11.9 Å². The van der Waals surface area contributed by atoms with Gasteiger partial charge in [0.1, 0.15) is 0 Å². The van der Waals surface area contributed by atoms with Crippen LogP contribution in [0.1, 0.15) is 46.3 Å². The maximum Gasteiger partial charge on any atom is 0.251 e. The Hall–Kier alpha value is -2.38. The molecule has 0 aliphatic carbocycles. The van der Waals surface area contributed by atoms with Crippen molar-refractivity contribution in [1.29, 1.82) is 0 Å². The lowest BCUT2D eigenvalue weighted by molar-refractivity contribution is 0.0950. The van der Waals surface area contributed by atoms with E-state index < -0.39 is 10.0 Å². The van der Waals surface area contributed by atoms with Crippen molar-refractivity contribution < 1.29 is 13.2 Å². The van der Waals surface area contributed by atoms with Crippen molar-refractivity contribution in [2.45, 2.75) is 39.3 Å². The molecule has 1 saturated heterocycles. The molecule has 2 aromatic rings. The minimum atomic E-state index is -3.40. The Kier molecular flexibility index (Phi) is 7.15. The van der Waals surface area contributed by atoms with Crippen LogP contribution in [0.5, 0.6) is 0 Å². The number of anilines is 1. The van der Waals surface area contributed by atoms with Gasteiger partial charge in [-0.1, -0.05) is 36.8 Å². The normalized spacial score (nSPS) is 15.0. The summed E-state index contributed by atoms with van der Waals surface area (Å²) in [5, 5.41) is 2.99. The topological polar surface area (TPSA) is 69.7 Å². The lowest BCUT2D eigenvalue weighted by atomic mass is 10.0. The minimum absolute atomic E-state index is 0.217. The molecule has 0 saturated carbocycles. The molecule has 1 heterocycles. The molecule has 0 atom stereocenters. The van der Waals surface area contributed by atoms with Crippen LogP contribution in [0.15, 0.2) is 42.5 Å². The third kappa shape index (κ3) is 5.61. The van der Waals surface area contributed by atoms with Crippen LogP contribution in [0.4, 0.5) is 5.69 Å². The van der Waals surface area contributed by atoms with E-state index in [4.69, 9.17) is 0 Å². The summed E-state index contributed by atoms with van der Waals surface area (Å²) in [5.41, 5.74) is 4.10. The molecule has 0 radical (unpaired) electrons. The Balaban J connectivity index is 1.70. The van der Waals surface area contributed by atoms with Crippen molar-refractivity contribution >= 4 is 21.6 Å². The SMILES string of the molecule is Cc1ccc(C(=O)NCc2ccccc2CN2CCCCC2)cc1N(C)S(C)(=O)=O. The van der Waals surface area contributed by atoms with E-state index in [2.05, 4.69) is 22.3 Å². The number of nitrogens with zero attached hydrogens (tertiary/aromatic N) is 2. The molecule has 0 unspecified atom stereocenters. The van der Waals surface area contributed by atoms with Gasteiger partial charge in [-0.05, 0) is 61.7 Å². The maximum absolute atomic E-state index is 12.8. The fourth-order valence-electron chi connectivity index (χ4n) is 3.79. The standard InChI is InChI=1S/C23H31N3O3S/c1-18-11-12-19(15-22(18)25(2)30(3,28)29)23(27)24-16-20-9-5-6-10-21(20)17-26-13-7-4-8-14-26/h5-6,9-12,15H,4,7-8,13-14,16-17H2,1-3H3,(H,24,27). The van der Waals surface area contributed by atoms with Gasteiger partial charge in [-0.2, -0.15) is 0 Å². The van der Waals surface area contributed by atoms with E-state index in [1.807, 2.05) is 19.1 Å². The van der Waals surface area contributed by atoms with Crippen molar-refractivity contribution in [2.24, 2.45) is 0 Å². The first-order valence-corrected chi connectivity index (χ1v) is 12.2. The Morgan fingerprint density at radius 3 is 2.40 bits per heavy atom. The van der Waals surface area contributed by atoms with Gasteiger partial charge in [0.25, 0.3) is 5.91 Å². The van der Waals surface area contributed by atoms with Gasteiger partial charge in [0.15, 0.2) is 0 Å². The van der Waals surface area contributed by atoms with Crippen LogP contribution in [0.3, 0.4) is 0 Å². The summed E-state index contributed by atoms with van der Waals surface area (Å²) in [7, 11) is -1.90. The highest BCUT2D eigenvalue weighted by Crippen LogP contribution is 2.23. The van der Waals surface area contributed by atoms with Gasteiger partial charge in [-0.3, -0.25) is 14.0 Å². The molecular weight excluding hydrogens is 398 g/mol. The fraction of sp³-hybridized carbons (Fsp3) is 0.435. The Labute approximate surface area is 179 Å². The maximum atomic E-state index is 12.8. The summed E-state index contributed by atoms with van der Waals surface area (Å²) in [6, 6.07) is 13.3. The first-order valence-electron chi connectivity index (χ1n) is 10.4. The Bertz CT molecular complexity index is 999. The van der Waals surface area contributed by atoms with E-state index in [0.29, 0.717) is 17.8 Å². The molecule has 3 rings (SSSR count). The van der Waals surface area contributed by atoms with Crippen LogP contribution in [0.2, 0.25) is 0 Å². The molecule has 1 aliphatic heterocycles. The number of amides is 1. The number of rotatable bonds is 7. The van der Waals surface area contributed by atoms with E-state index in [1.165, 1.54) is 36.2 Å². The second-order valence-electron chi connectivity index (χ2n) is 8.02. The zero-order valence-electron chi connectivity index (χ0n) is 18.0. The number of aryl methyl sites for hydroxylation is 1. The third-order valence-corrected chi connectivity index (χ3v) is 6.90. The van der Waals surface area contributed by atoms with E-state index in [0.717, 1.165) is 37.0 Å². The number of sulfonamides is 1. The smallest absolute Gasteiger partial charge is 0.251 e. The van der Waals surface area contributed by atoms with Crippen molar-refractivity contribution in [1.82, 2.24) is 10.2 Å². The molecule has 30 heavy (non-hydrogen) atoms. The van der Waals surface area contributed by atoms with Gasteiger partial charge in [-0.15, -0.1) is 0 Å². The number of nitrogens with one attached hydrogen (secondary N) is 1. The lowest BCUT2D eigenvalue weighted by Crippen LogP contribution is -2.30. The highest BCUT2D eigenvalue weighted by molar-refractivity contribution is 7.92. The molecule has 0 spiro atoms. The van der Waals surface area contributed by atoms with Crippen molar-refractivity contribution in [3.8, 4) is 0 Å². The number of hydrogen-bond donors (Lipinski definition) is 1. The second-order valence-corrected chi connectivity index (χ2v) is 10.0. The predicted octanol–water partition coefficient (Wildman–Crippen LogP) is 3.31. The van der Waals surface area contributed by atoms with Crippen LogP contribution >= 0.6 is 0 Å². The van der Waals surface area contributed by atoms with Crippen LogP contribution in [-0.2, 0) is 23.1 Å². The summed E-state index contributed by atoms with van der Waals surface area (Å²) < 4.78 is 25.0. The molecular formula is C23H31N3O3S. The van der Waals surface area contributed by atoms with Gasteiger partial charge in [-0.25, -0.2) is 8.42 Å². The first-order chi connectivity index (χ1) is 14.3. The van der Waals surface area contributed by atoms with Gasteiger partial charge < -0.3 is 5.32 Å². The molecule has 7 heteroatoms. The second kappa shape index (κ2) is 9.62. The lowest BCUT2D eigenvalue weighted by Gasteiger charge is -2.27. The van der Waals surface area contributed by atoms with Crippen molar-refractivity contribution in [3.05, 3.63) is 64.7 Å². The van der Waals surface area contributed by atoms with Crippen LogP contribution in [0.25, 0.3) is 0 Å². The molecule has 1 N–H and O–H groups in total. The molecule has 162 valence electrons. The summed E-state index contributed by atoms with van der Waals surface area (Å²) in [4.78, 5) is 15.2. The average molecular weight is 430 g/mol. The van der Waals surface area contributed by atoms with Crippen LogP contribution in [0, 0.1) is 6.92 Å². The summed E-state index contributed by atoms with van der Waals surface area (Å²) in [6.07, 6.45) is 4.95. The number of carbonyl (C=O) groups is 1. The molecule has 2 aromatic carbocycles. The molecule has 0 bridgehead atoms. The quantitative estimate of drug-likeness (QED) is 0.733. The van der Waals surface area contributed by atoms with Gasteiger partial charge in [0, 0.05) is 25.7 Å². The monoisotopic (exact) mass is 429 g/mol. The number of likely N-dealkylation sites (tertiary alicyclic amines) is 1. The average Bonchev–Trinajstić information content (AvgIpc) is 2.73. The summed E-state index contributed by atoms with van der Waals surface area (Å²) in [5.74, 6) is -0.217. The summed E-state index contributed by atoms with van der Waals surface area (Å²) >= 11 is 0. The zero-order valence-corrected chi connectivity index (χ0v) is 18.8. The number of piperidine rings is 1. The van der Waals surface area contributed by atoms with E-state index in [9.17, 15) is 13.2 Å². The van der Waals surface area contributed by atoms with Crippen LogP contribution in [-0.4, -0.2) is 45.6 Å². The largest absolute Gasteiger partial charge is 0.348 e. The fourth-order valence-corrected chi connectivity index (χ4v) is 4.34. The predicted molar refractivity (Wildman–Crippen MR) is 121 cm³/mol. The third-order valence-electron chi connectivity index (χ3n) is 5.71. The molecule has 6 nitrogen and oxygen atoms in total. The van der Waals surface area contributed by atoms with Crippen molar-refractivity contribution in [3.63, 3.8) is 0 Å². The number of benzene rings is 2. The Morgan fingerprint density at radius 2 is 1.73 bits per heavy atom. The first kappa shape index (κ1) is 22.3. The molecule has 1 fully saturated rings. The highest BCUT2D eigenvalue weighted by atomic mass is 32.2. The number of carbonyl (C=O) groups excluding carboxylic acids is 1. The molecule has 1 amide bonds. The zero-order chi connectivity index (χ0) is 21.7. The number of hydrogen-bond acceptors (Lipinski definition) is 4. The van der Waals surface area contributed by atoms with Crippen LogP contribution < -0.4 is 9.62 Å². The van der Waals surface area contributed by atoms with Gasteiger partial charge in [0.2, 0.25) is 10.0 Å². The minimum Gasteiger partial charge on any atom is -0.348 e. The van der Waals surface area contributed by atoms with E-state index in [-0.39, 0.29) is 5.91 Å². The van der Waals surface area contributed by atoms with Crippen molar-refractivity contribution in [2.75, 3.05) is 30.7 Å². The van der Waals surface area contributed by atoms with E-state index >= 15 is 0 Å². The molecule has 0 aromatic heterocycles. The summed E-state index contributed by atoms with van der Waals surface area (Å²) in [6.45, 7) is 5.42. The van der Waals surface area contributed by atoms with E-state index in [1.54, 1.807) is 18.2 Å². The molecule has 1 aliphatic rings. The Morgan fingerprint density at radius 1 is 1.07 bits per heavy atom.